The van der Waals surface area contributed by atoms with Crippen LogP contribution in [0.4, 0.5) is 5.69 Å². The highest BCUT2D eigenvalue weighted by atomic mass is 16.3. The molecule has 2 unspecified atom stereocenters. The second-order valence-corrected chi connectivity index (χ2v) is 8.14. The summed E-state index contributed by atoms with van der Waals surface area (Å²) >= 11 is 0. The molecule has 1 aromatic carbocycles. The molecule has 148 valence electrons. The summed E-state index contributed by atoms with van der Waals surface area (Å²) in [6.45, 7) is 6.82. The lowest BCUT2D eigenvalue weighted by Crippen LogP contribution is -2.40. The molecule has 1 fully saturated rings. The summed E-state index contributed by atoms with van der Waals surface area (Å²) in [5.41, 5.74) is 7.23. The molecule has 2 aromatic rings. The van der Waals surface area contributed by atoms with Crippen LogP contribution in [0.5, 0.6) is 5.88 Å². The van der Waals surface area contributed by atoms with Crippen LogP contribution in [0.15, 0.2) is 34.5 Å². The van der Waals surface area contributed by atoms with Crippen molar-refractivity contribution in [3.8, 4) is 11.9 Å². The number of aromatic nitrogens is 1. The van der Waals surface area contributed by atoms with Gasteiger partial charge in [-0.1, -0.05) is 39.0 Å². The average molecular weight is 382 g/mol. The number of para-hydroxylation sites is 1. The second kappa shape index (κ2) is 8.09. The van der Waals surface area contributed by atoms with Gasteiger partial charge in [0.1, 0.15) is 6.04 Å². The number of aromatic hydroxyl groups is 1. The number of nitrogens with one attached hydrogen (secondary N) is 2. The van der Waals surface area contributed by atoms with E-state index in [1.807, 2.05) is 24.3 Å². The quantitative estimate of drug-likeness (QED) is 0.540. The smallest absolute Gasteiger partial charge is 0.282 e. The van der Waals surface area contributed by atoms with Crippen molar-refractivity contribution in [3.05, 3.63) is 24.3 Å². The van der Waals surface area contributed by atoms with Crippen LogP contribution < -0.4 is 10.9 Å². The highest BCUT2D eigenvalue weighted by molar-refractivity contribution is 5.95. The van der Waals surface area contributed by atoms with E-state index in [9.17, 15) is 9.90 Å². The molecule has 8 nitrogen and oxygen atoms in total. The normalized spacial score (nSPS) is 20.1. The average Bonchev–Trinajstić information content (AvgIpc) is 3.25. The number of nitrogens with zero attached hydrogens (tertiary/aromatic N) is 4. The molecule has 1 aliphatic heterocycles. The Kier molecular flexibility index (Phi) is 5.77. The number of rotatable bonds is 5. The molecule has 0 spiro atoms. The van der Waals surface area contributed by atoms with Crippen molar-refractivity contribution in [3.63, 3.8) is 0 Å². The zero-order valence-electron chi connectivity index (χ0n) is 16.4. The summed E-state index contributed by atoms with van der Waals surface area (Å²) in [6.07, 6.45) is 1.64. The lowest BCUT2D eigenvalue weighted by molar-refractivity contribution is -0.120. The summed E-state index contributed by atoms with van der Waals surface area (Å²) in [4.78, 5) is 12.5. The SMILES string of the molecule is CC(C)(C)C1CC(C(=O)N=Nc2c(O)n(CCCC#N)c3ccccc23)NN1. The number of carbonyl (C=O) groups is 1. The van der Waals surface area contributed by atoms with Crippen molar-refractivity contribution in [2.45, 2.75) is 58.7 Å². The minimum absolute atomic E-state index is 0.0221. The molecule has 1 amide bonds. The summed E-state index contributed by atoms with van der Waals surface area (Å²) < 4.78 is 1.70. The third-order valence-corrected chi connectivity index (χ3v) is 5.08. The molecule has 2 heterocycles. The number of nitriles is 1. The monoisotopic (exact) mass is 382 g/mol. The van der Waals surface area contributed by atoms with Crippen LogP contribution in [0.25, 0.3) is 10.9 Å². The van der Waals surface area contributed by atoms with Crippen LogP contribution >= 0.6 is 0 Å². The molecule has 3 rings (SSSR count). The first-order valence-electron chi connectivity index (χ1n) is 9.46. The van der Waals surface area contributed by atoms with Crippen molar-refractivity contribution in [1.82, 2.24) is 15.4 Å². The molecule has 2 atom stereocenters. The molecule has 0 radical (unpaired) electrons. The van der Waals surface area contributed by atoms with E-state index in [0.29, 0.717) is 25.8 Å². The summed E-state index contributed by atoms with van der Waals surface area (Å²) in [7, 11) is 0. The van der Waals surface area contributed by atoms with E-state index in [4.69, 9.17) is 5.26 Å². The largest absolute Gasteiger partial charge is 0.493 e. The van der Waals surface area contributed by atoms with Gasteiger partial charge in [-0.15, -0.1) is 10.2 Å². The van der Waals surface area contributed by atoms with Gasteiger partial charge in [0.05, 0.1) is 11.6 Å². The minimum Gasteiger partial charge on any atom is -0.493 e. The Labute approximate surface area is 164 Å². The van der Waals surface area contributed by atoms with E-state index in [1.165, 1.54) is 0 Å². The molecule has 0 bridgehead atoms. The number of hydrogen-bond acceptors (Lipinski definition) is 6. The number of amides is 1. The van der Waals surface area contributed by atoms with Crippen molar-refractivity contribution in [1.29, 1.82) is 5.26 Å². The molecule has 0 aliphatic carbocycles. The van der Waals surface area contributed by atoms with Crippen LogP contribution in [0, 0.1) is 16.7 Å². The number of fused-ring (bicyclic) bond motifs is 1. The Hall–Kier alpha value is -2.76. The van der Waals surface area contributed by atoms with E-state index in [1.54, 1.807) is 4.57 Å². The van der Waals surface area contributed by atoms with Gasteiger partial charge >= 0.3 is 0 Å². The number of azo groups is 1. The first-order valence-corrected chi connectivity index (χ1v) is 9.46. The van der Waals surface area contributed by atoms with Crippen LogP contribution in [0.1, 0.15) is 40.0 Å². The molecule has 3 N–H and O–H groups in total. The van der Waals surface area contributed by atoms with E-state index in [0.717, 1.165) is 10.9 Å². The van der Waals surface area contributed by atoms with Crippen molar-refractivity contribution >= 4 is 22.5 Å². The number of hydrogen-bond donors (Lipinski definition) is 3. The Morgan fingerprint density at radius 3 is 2.79 bits per heavy atom. The molecular weight excluding hydrogens is 356 g/mol. The number of benzene rings is 1. The van der Waals surface area contributed by atoms with Gasteiger partial charge in [0.15, 0.2) is 5.69 Å². The van der Waals surface area contributed by atoms with Gasteiger partial charge in [0.2, 0.25) is 5.88 Å². The topological polar surface area (TPSA) is 115 Å². The standard InChI is InChI=1S/C20H26N6O2/c1-20(2,3)16-12-14(22-23-16)18(27)25-24-17-13-8-4-5-9-15(13)26(19(17)28)11-7-6-10-21/h4-5,8-9,14,16,22-23,28H,6-7,11-12H2,1-3H3. The zero-order chi connectivity index (χ0) is 20.3. The van der Waals surface area contributed by atoms with E-state index >= 15 is 0 Å². The third kappa shape index (κ3) is 4.06. The van der Waals surface area contributed by atoms with Gasteiger partial charge in [-0.3, -0.25) is 10.2 Å². The van der Waals surface area contributed by atoms with Gasteiger partial charge in [0.25, 0.3) is 5.91 Å². The fraction of sp³-hybridized carbons (Fsp3) is 0.500. The first kappa shape index (κ1) is 20.0. The molecule has 0 saturated carbocycles. The summed E-state index contributed by atoms with van der Waals surface area (Å²) in [5, 5.41) is 28.1. The van der Waals surface area contributed by atoms with Crippen LogP contribution in [-0.2, 0) is 11.3 Å². The van der Waals surface area contributed by atoms with E-state index in [2.05, 4.69) is 47.9 Å². The molecule has 1 aromatic heterocycles. The zero-order valence-corrected chi connectivity index (χ0v) is 16.4. The number of unbranched alkanes of at least 4 members (excludes halogenated alkanes) is 1. The number of hydrazine groups is 1. The molecule has 28 heavy (non-hydrogen) atoms. The number of carbonyl (C=O) groups excluding carboxylic acids is 1. The van der Waals surface area contributed by atoms with Gasteiger partial charge in [-0.25, -0.2) is 5.43 Å². The van der Waals surface area contributed by atoms with Crippen LogP contribution in [-0.4, -0.2) is 27.7 Å². The molecule has 8 heteroatoms. The molecule has 1 saturated heterocycles. The summed E-state index contributed by atoms with van der Waals surface area (Å²) in [5.74, 6) is -0.416. The predicted octanol–water partition coefficient (Wildman–Crippen LogP) is 3.54. The Morgan fingerprint density at radius 2 is 2.11 bits per heavy atom. The van der Waals surface area contributed by atoms with Gasteiger partial charge in [-0.05, 0) is 24.3 Å². The lowest BCUT2D eigenvalue weighted by Gasteiger charge is -2.25. The Balaban J connectivity index is 1.81. The van der Waals surface area contributed by atoms with E-state index < -0.39 is 6.04 Å². The van der Waals surface area contributed by atoms with Gasteiger partial charge in [-0.2, -0.15) is 5.26 Å². The second-order valence-electron chi connectivity index (χ2n) is 8.14. The van der Waals surface area contributed by atoms with Crippen molar-refractivity contribution in [2.24, 2.45) is 15.6 Å². The minimum atomic E-state index is -0.445. The van der Waals surface area contributed by atoms with Gasteiger partial charge < -0.3 is 9.67 Å². The van der Waals surface area contributed by atoms with Crippen LogP contribution in [0.2, 0.25) is 0 Å². The highest BCUT2D eigenvalue weighted by Crippen LogP contribution is 2.39. The Morgan fingerprint density at radius 1 is 1.36 bits per heavy atom. The fourth-order valence-corrected chi connectivity index (χ4v) is 3.37. The summed E-state index contributed by atoms with van der Waals surface area (Å²) in [6, 6.07) is 9.24. The fourth-order valence-electron chi connectivity index (χ4n) is 3.37. The predicted molar refractivity (Wildman–Crippen MR) is 106 cm³/mol. The highest BCUT2D eigenvalue weighted by Gasteiger charge is 2.36. The lowest BCUT2D eigenvalue weighted by atomic mass is 9.84. The van der Waals surface area contributed by atoms with Crippen LogP contribution in [0.3, 0.4) is 0 Å². The van der Waals surface area contributed by atoms with Crippen molar-refractivity contribution < 1.29 is 9.90 Å². The van der Waals surface area contributed by atoms with E-state index in [-0.39, 0.29) is 28.9 Å². The number of aryl methyl sites for hydroxylation is 1. The maximum absolute atomic E-state index is 12.5. The molecule has 1 aliphatic rings. The maximum atomic E-state index is 12.5. The first-order chi connectivity index (χ1) is 13.3. The third-order valence-electron chi connectivity index (χ3n) is 5.08. The molecular formula is C20H26N6O2. The Bertz CT molecular complexity index is 935. The van der Waals surface area contributed by atoms with Crippen molar-refractivity contribution in [2.75, 3.05) is 0 Å². The maximum Gasteiger partial charge on any atom is 0.282 e. The van der Waals surface area contributed by atoms with Gasteiger partial charge in [0, 0.05) is 24.4 Å².